The van der Waals surface area contributed by atoms with Crippen LogP contribution in [0.25, 0.3) is 10.9 Å². The zero-order valence-electron chi connectivity index (χ0n) is 43.7. The molecule has 79 heavy (non-hydrogen) atoms. The number of carboxylic acid groups (broad SMARTS) is 1. The second-order valence-corrected chi connectivity index (χ2v) is 22.2. The number of nitrogens with zero attached hydrogens (tertiary/aromatic N) is 4. The summed E-state index contributed by atoms with van der Waals surface area (Å²) in [6, 6.07) is -4.04. The van der Waals surface area contributed by atoms with Crippen molar-refractivity contribution in [2.75, 3.05) is 44.2 Å². The standard InChI is InChI=1S/C49H69N15O13S2/c1-24(2)15-30-42(71)59-32(36(65)18-50)22-79-49(77)61-31(16-25-19-55-27-8-4-3-7-26(25)27)43(72)57-28(11-12-37(51)66)41(70)60-33-23-78-39-21-62(47(76)35(17-40(68)69)64(39)46(33)75)20-38(67)56-29(9-5-13-54-48(52)53)45(74)63-14-6-10-34(63)44(73)58-30/h3-4,7-8,19,24,28-35,39,55H,5-6,9-18,20-23,50H2,1-2H3,(H2,51,66)(H,56,67)(H,57,72)(H,58,73)(H,59,71)(H,60,70)(H,61,77)(H,68,69)(H4,52,53,54)/t28-,29-,30-,31-,32?,33-,34-,35-,39?/m0/s1. The van der Waals surface area contributed by atoms with Crippen LogP contribution in [0, 0.1) is 5.92 Å². The lowest BCUT2D eigenvalue weighted by atomic mass is 10.0. The number of aliphatic carboxylic acids is 1. The van der Waals surface area contributed by atoms with Gasteiger partial charge in [0, 0.05) is 54.5 Å². The average Bonchev–Trinajstić information content (AvgIpc) is 4.14. The Kier molecular flexibility index (Phi) is 21.5. The highest BCUT2D eigenvalue weighted by molar-refractivity contribution is 8.13. The fraction of sp³-hybridized carbons (Fsp3) is 0.571. The van der Waals surface area contributed by atoms with Gasteiger partial charge in [-0.05, 0) is 56.1 Å². The maximum Gasteiger partial charge on any atom is 0.305 e. The predicted octanol–water partition coefficient (Wildman–Crippen LogP) is -3.57. The number of para-hydroxylation sites is 1. The Hall–Kier alpha value is -7.47. The summed E-state index contributed by atoms with van der Waals surface area (Å²) >= 11 is 1.60. The number of ketones is 1. The molecule has 10 amide bonds. The lowest BCUT2D eigenvalue weighted by Gasteiger charge is -2.49. The number of H-pyrrole nitrogens is 1. The number of hydrogen-bond donors (Lipinski definition) is 12. The number of benzene rings is 1. The SMILES string of the molecule is CC(C)C[C@@H]1NC(=O)[C@@H]2CCCN2C(=O)[C@H](CCCN=C(N)N)NC(=O)CN2CC3SC[C@H](NC(=O)[C@H](CCC(N)=O)NC(=O)[C@H](Cc4c[nH]c5ccccc45)NC(=O)SCC(C(=O)CN)NC1=O)C(=O)N3[C@@H](CC(=O)O)C2=O. The summed E-state index contributed by atoms with van der Waals surface area (Å²) in [7, 11) is 0. The monoisotopic (exact) mass is 1140 g/mol. The highest BCUT2D eigenvalue weighted by Gasteiger charge is 2.50. The van der Waals surface area contributed by atoms with Crippen LogP contribution in [0.3, 0.4) is 0 Å². The van der Waals surface area contributed by atoms with E-state index in [2.05, 4.69) is 41.9 Å². The molecule has 28 nitrogen and oxygen atoms in total. The molecule has 0 spiro atoms. The van der Waals surface area contributed by atoms with Gasteiger partial charge in [0.1, 0.15) is 42.3 Å². The first-order chi connectivity index (χ1) is 37.5. The van der Waals surface area contributed by atoms with E-state index in [1.807, 2.05) is 0 Å². The number of hydrogen-bond acceptors (Lipinski definition) is 16. The summed E-state index contributed by atoms with van der Waals surface area (Å²) in [5.74, 6) is -10.6. The molecule has 2 aromatic rings. The quantitative estimate of drug-likeness (QED) is 0.0466. The van der Waals surface area contributed by atoms with Crippen LogP contribution in [-0.4, -0.2) is 199 Å². The fourth-order valence-electron chi connectivity index (χ4n) is 9.83. The molecular formula is C49H69N15O13S2. The minimum atomic E-state index is -1.66. The lowest BCUT2D eigenvalue weighted by Crippen LogP contribution is -2.69. The Balaban J connectivity index is 1.36. The summed E-state index contributed by atoms with van der Waals surface area (Å²) in [6.45, 7) is 2.20. The van der Waals surface area contributed by atoms with E-state index in [1.165, 1.54) is 4.90 Å². The lowest BCUT2D eigenvalue weighted by molar-refractivity contribution is -0.159. The van der Waals surface area contributed by atoms with Crippen molar-refractivity contribution in [3.63, 3.8) is 0 Å². The summed E-state index contributed by atoms with van der Waals surface area (Å²) in [6.07, 6.45) is 0.475. The van der Waals surface area contributed by atoms with E-state index < -0.39 is 156 Å². The number of carbonyl (C=O) groups is 12. The number of nitrogens with two attached hydrogens (primary N) is 4. The van der Waals surface area contributed by atoms with Crippen molar-refractivity contribution in [2.45, 2.75) is 125 Å². The number of aliphatic imine (C=N–C) groups is 1. The van der Waals surface area contributed by atoms with Crippen LogP contribution >= 0.6 is 23.5 Å². The second-order valence-electron chi connectivity index (χ2n) is 20.0. The Morgan fingerprint density at radius 3 is 2.22 bits per heavy atom. The molecule has 6 aliphatic rings. The van der Waals surface area contributed by atoms with Crippen LogP contribution in [0.2, 0.25) is 0 Å². The Morgan fingerprint density at radius 1 is 0.810 bits per heavy atom. The number of guanidine groups is 1. The maximum absolute atomic E-state index is 14.5. The van der Waals surface area contributed by atoms with Gasteiger partial charge in [0.15, 0.2) is 11.7 Å². The van der Waals surface area contributed by atoms with Gasteiger partial charge < -0.3 is 79.6 Å². The van der Waals surface area contributed by atoms with Gasteiger partial charge in [-0.25, -0.2) is 0 Å². The molecule has 0 saturated carbocycles. The molecule has 0 radical (unpaired) electrons. The van der Waals surface area contributed by atoms with Gasteiger partial charge in [-0.15, -0.1) is 11.8 Å². The number of rotatable bonds is 15. The maximum atomic E-state index is 14.5. The Bertz CT molecular complexity index is 2700. The van der Waals surface area contributed by atoms with Crippen molar-refractivity contribution < 1.29 is 62.6 Å². The number of carbonyl (C=O) groups excluding carboxylic acids is 11. The minimum absolute atomic E-state index is 0.0432. The molecule has 9 atom stereocenters. The van der Waals surface area contributed by atoms with Crippen molar-refractivity contribution in [3.05, 3.63) is 36.0 Å². The zero-order chi connectivity index (χ0) is 57.7. The number of aromatic amines is 1. The normalized spacial score (nSPS) is 26.3. The number of piperazine rings is 1. The van der Waals surface area contributed by atoms with Gasteiger partial charge in [0.25, 0.3) is 5.24 Å². The average molecular weight is 1140 g/mol. The highest BCUT2D eigenvalue weighted by Crippen LogP contribution is 2.33. The van der Waals surface area contributed by atoms with Crippen molar-refractivity contribution in [1.29, 1.82) is 0 Å². The van der Waals surface area contributed by atoms with Gasteiger partial charge in [0.2, 0.25) is 53.2 Å². The molecule has 1 aromatic carbocycles. The van der Waals surface area contributed by atoms with Crippen LogP contribution < -0.4 is 54.8 Å². The Morgan fingerprint density at radius 2 is 1.52 bits per heavy atom. The molecule has 6 fully saturated rings. The number of primary amides is 1. The van der Waals surface area contributed by atoms with Gasteiger partial charge >= 0.3 is 5.97 Å². The number of fused-ring (bicyclic) bond motifs is 3. The van der Waals surface area contributed by atoms with E-state index in [-0.39, 0.29) is 75.8 Å². The van der Waals surface area contributed by atoms with E-state index in [0.717, 1.165) is 21.6 Å². The van der Waals surface area contributed by atoms with E-state index in [1.54, 1.807) is 44.3 Å². The van der Waals surface area contributed by atoms with E-state index >= 15 is 0 Å². The van der Waals surface area contributed by atoms with Crippen molar-refractivity contribution in [1.82, 2.24) is 51.6 Å². The van der Waals surface area contributed by atoms with Gasteiger partial charge in [-0.3, -0.25) is 62.5 Å². The van der Waals surface area contributed by atoms with Crippen molar-refractivity contribution in [3.8, 4) is 0 Å². The molecule has 7 heterocycles. The third kappa shape index (κ3) is 16.3. The van der Waals surface area contributed by atoms with Crippen LogP contribution in [0.1, 0.15) is 70.8 Å². The van der Waals surface area contributed by atoms with E-state index in [0.29, 0.717) is 34.6 Å². The fourth-order valence-corrected chi connectivity index (χ4v) is 12.0. The molecule has 0 aliphatic carbocycles. The first-order valence-corrected chi connectivity index (χ1v) is 27.9. The minimum Gasteiger partial charge on any atom is -0.481 e. The van der Waals surface area contributed by atoms with Crippen molar-refractivity contribution in [2.24, 2.45) is 33.8 Å². The van der Waals surface area contributed by atoms with Crippen LogP contribution in [0.5, 0.6) is 0 Å². The zero-order valence-corrected chi connectivity index (χ0v) is 45.4. The molecule has 4 bridgehead atoms. The molecular weight excluding hydrogens is 1070 g/mol. The molecule has 430 valence electrons. The Labute approximate surface area is 462 Å². The highest BCUT2D eigenvalue weighted by atomic mass is 32.2. The van der Waals surface area contributed by atoms with E-state index in [4.69, 9.17) is 22.9 Å². The number of nitrogens with one attached hydrogen (secondary N) is 7. The molecule has 2 unspecified atom stereocenters. The van der Waals surface area contributed by atoms with Crippen LogP contribution in [0.15, 0.2) is 35.5 Å². The molecule has 30 heteroatoms. The van der Waals surface area contributed by atoms with Crippen LogP contribution in [0.4, 0.5) is 4.79 Å². The van der Waals surface area contributed by atoms with Crippen LogP contribution in [-0.2, 0) is 59.2 Å². The number of Topliss-reactive ketones (excluding diaryl/α,β-unsaturated/α-hetero) is 1. The number of amides is 10. The smallest absolute Gasteiger partial charge is 0.305 e. The summed E-state index contributed by atoms with van der Waals surface area (Å²) in [5, 5.41) is 24.7. The molecule has 6 saturated heterocycles. The van der Waals surface area contributed by atoms with Gasteiger partial charge in [0.05, 0.1) is 37.5 Å². The summed E-state index contributed by atoms with van der Waals surface area (Å²) in [4.78, 5) is 176. The van der Waals surface area contributed by atoms with E-state index in [9.17, 15) is 62.6 Å². The van der Waals surface area contributed by atoms with Gasteiger partial charge in [-0.2, -0.15) is 0 Å². The third-order valence-corrected chi connectivity index (χ3v) is 15.9. The molecule has 6 aliphatic heterocycles. The van der Waals surface area contributed by atoms with Gasteiger partial charge in [-0.1, -0.05) is 43.8 Å². The number of aromatic nitrogens is 1. The topological polar surface area (TPSA) is 439 Å². The number of thioether (sulfide) groups is 2. The summed E-state index contributed by atoms with van der Waals surface area (Å²) in [5.41, 5.74) is 23.6. The second kappa shape index (κ2) is 27.9. The summed E-state index contributed by atoms with van der Waals surface area (Å²) < 4.78 is 0. The number of carboxylic acids is 1. The molecule has 16 N–H and O–H groups in total. The first-order valence-electron chi connectivity index (χ1n) is 25.8. The van der Waals surface area contributed by atoms with Crippen molar-refractivity contribution >= 4 is 111 Å². The largest absolute Gasteiger partial charge is 0.481 e. The first kappa shape index (κ1) is 60.8. The molecule has 1 aromatic heterocycles. The molecule has 8 rings (SSSR count). The predicted molar refractivity (Wildman–Crippen MR) is 289 cm³/mol. The third-order valence-electron chi connectivity index (χ3n) is 13.7.